The van der Waals surface area contributed by atoms with E-state index in [1.54, 1.807) is 24.0 Å². The first kappa shape index (κ1) is 28.8. The van der Waals surface area contributed by atoms with Crippen molar-refractivity contribution in [3.05, 3.63) is 47.7 Å². The molecule has 0 bridgehead atoms. The molecule has 1 aliphatic heterocycles. The van der Waals surface area contributed by atoms with Gasteiger partial charge in [0, 0.05) is 25.7 Å². The van der Waals surface area contributed by atoms with E-state index in [0.717, 1.165) is 17.7 Å². The highest BCUT2D eigenvalue weighted by Crippen LogP contribution is 2.34. The van der Waals surface area contributed by atoms with Gasteiger partial charge < -0.3 is 25.4 Å². The van der Waals surface area contributed by atoms with Gasteiger partial charge in [0.25, 0.3) is 0 Å². The molecule has 9 nitrogen and oxygen atoms in total. The van der Waals surface area contributed by atoms with Crippen molar-refractivity contribution in [1.29, 1.82) is 0 Å². The van der Waals surface area contributed by atoms with E-state index in [-0.39, 0.29) is 18.5 Å². The second kappa shape index (κ2) is 11.9. The molecule has 0 spiro atoms. The van der Waals surface area contributed by atoms with Gasteiger partial charge in [0.15, 0.2) is 11.9 Å². The molecule has 4 rings (SSSR count). The maximum atomic E-state index is 12.7. The van der Waals surface area contributed by atoms with E-state index in [1.807, 2.05) is 0 Å². The summed E-state index contributed by atoms with van der Waals surface area (Å²) in [5.74, 6) is 0.398. The highest BCUT2D eigenvalue weighted by atomic mass is 32.1. The topological polar surface area (TPSA) is 108 Å². The van der Waals surface area contributed by atoms with E-state index in [2.05, 4.69) is 30.0 Å². The van der Waals surface area contributed by atoms with Crippen molar-refractivity contribution in [2.75, 3.05) is 30.3 Å². The van der Waals surface area contributed by atoms with Crippen molar-refractivity contribution >= 4 is 28.0 Å². The Kier molecular flexibility index (Phi) is 8.76. The second-order valence-electron chi connectivity index (χ2n) is 8.88. The first-order chi connectivity index (χ1) is 18.4. The predicted octanol–water partition coefficient (Wildman–Crippen LogP) is 5.30. The molecule has 3 aromatic heterocycles. The zero-order chi connectivity index (χ0) is 28.2. The lowest BCUT2D eigenvalue weighted by Crippen LogP contribution is -2.39. The van der Waals surface area contributed by atoms with Gasteiger partial charge in [-0.05, 0) is 37.4 Å². The molecule has 4 heterocycles. The van der Waals surface area contributed by atoms with E-state index in [0.29, 0.717) is 60.0 Å². The van der Waals surface area contributed by atoms with Gasteiger partial charge in [-0.2, -0.15) is 30.7 Å². The molecule has 1 unspecified atom stereocenters. The van der Waals surface area contributed by atoms with Gasteiger partial charge >= 0.3 is 12.4 Å². The lowest BCUT2D eigenvalue weighted by atomic mass is 10.1. The summed E-state index contributed by atoms with van der Waals surface area (Å²) in [5.41, 5.74) is 0.209. The lowest BCUT2D eigenvalue weighted by molar-refractivity contribution is -0.141. The fourth-order valence-corrected chi connectivity index (χ4v) is 4.75. The molecule has 0 amide bonds. The number of alkyl halides is 6. The molecule has 1 atom stereocenters. The zero-order valence-electron chi connectivity index (χ0n) is 20.6. The Labute approximate surface area is 223 Å². The number of rotatable bonds is 9. The maximum Gasteiger partial charge on any atom is 0.434 e. The Morgan fingerprint density at radius 3 is 2.41 bits per heavy atom. The van der Waals surface area contributed by atoms with E-state index in [1.165, 1.54) is 6.20 Å². The predicted molar refractivity (Wildman–Crippen MR) is 131 cm³/mol. The quantitative estimate of drug-likeness (QED) is 0.231. The van der Waals surface area contributed by atoms with E-state index in [9.17, 15) is 31.4 Å². The van der Waals surface area contributed by atoms with Gasteiger partial charge in [-0.3, -0.25) is 0 Å². The highest BCUT2D eigenvalue weighted by molar-refractivity contribution is 7.10. The van der Waals surface area contributed by atoms with Gasteiger partial charge in [-0.1, -0.05) is 0 Å². The summed E-state index contributed by atoms with van der Waals surface area (Å²) in [6.07, 6.45) is -6.82. The number of pyridine rings is 1. The van der Waals surface area contributed by atoms with Crippen LogP contribution in [0.3, 0.4) is 0 Å². The summed E-state index contributed by atoms with van der Waals surface area (Å²) in [7, 11) is 0. The number of hydrogen-bond acceptors (Lipinski definition) is 10. The van der Waals surface area contributed by atoms with Crippen LogP contribution in [-0.2, 0) is 6.18 Å². The third-order valence-electron chi connectivity index (χ3n) is 5.94. The lowest BCUT2D eigenvalue weighted by Gasteiger charge is -2.32. The molecule has 1 saturated heterocycles. The molecule has 3 N–H and O–H groups in total. The summed E-state index contributed by atoms with van der Waals surface area (Å²) in [5, 5.41) is 16.9. The molecular formula is C23H25F6N7O2S. The molecule has 1 aliphatic rings. The van der Waals surface area contributed by atoms with E-state index in [4.69, 9.17) is 4.74 Å². The number of piperidine rings is 1. The Bertz CT molecular complexity index is 1210. The first-order valence-corrected chi connectivity index (χ1v) is 12.6. The number of ether oxygens (including phenoxy) is 1. The fourth-order valence-electron chi connectivity index (χ4n) is 3.92. The number of anilines is 3. The Balaban J connectivity index is 1.31. The van der Waals surface area contributed by atoms with Crippen LogP contribution in [0.5, 0.6) is 5.88 Å². The number of likely N-dealkylation sites (tertiary alicyclic amines) is 1. The summed E-state index contributed by atoms with van der Waals surface area (Å²) >= 11 is 1.000. The minimum absolute atomic E-state index is 0.0226. The Hall–Kier alpha value is -3.24. The molecule has 0 aromatic carbocycles. The molecular weight excluding hydrogens is 552 g/mol. The van der Waals surface area contributed by atoms with E-state index >= 15 is 0 Å². The zero-order valence-corrected chi connectivity index (χ0v) is 21.4. The molecule has 0 aliphatic carbocycles. The Morgan fingerprint density at radius 2 is 1.82 bits per heavy atom. The van der Waals surface area contributed by atoms with E-state index < -0.39 is 30.7 Å². The summed E-state index contributed by atoms with van der Waals surface area (Å²) < 4.78 is 85.5. The van der Waals surface area contributed by atoms with Crippen molar-refractivity contribution in [2.24, 2.45) is 0 Å². The van der Waals surface area contributed by atoms with Crippen LogP contribution in [0.1, 0.15) is 42.4 Å². The van der Waals surface area contributed by atoms with Crippen LogP contribution in [-0.4, -0.2) is 61.2 Å². The van der Waals surface area contributed by atoms with Crippen molar-refractivity contribution < 1.29 is 36.2 Å². The number of aliphatic hydroxyl groups excluding tert-OH is 1. The average molecular weight is 578 g/mol. The van der Waals surface area contributed by atoms with Crippen LogP contribution in [0, 0.1) is 6.92 Å². The third kappa shape index (κ3) is 8.12. The fraction of sp³-hybridized carbons (Fsp3) is 0.478. The monoisotopic (exact) mass is 577 g/mol. The third-order valence-corrected chi connectivity index (χ3v) is 6.81. The number of hydrogen-bond donors (Lipinski definition) is 3. The van der Waals surface area contributed by atoms with Crippen LogP contribution in [0.15, 0.2) is 30.7 Å². The standard InChI is InChI=1S/C23H25F6N7O2S/c1-13-19(21(39-35-13)34-17-12-30-16(11-31-17)23(27,28)29)20(37)33-14-2-3-18(32-10-14)38-15-4-7-36(8-5-15)9-6-22(24,25)26/h2-3,10-12,15,20,33,37H,4-9H2,1H3,(H,31,34). The van der Waals surface area contributed by atoms with Crippen LogP contribution in [0.25, 0.3) is 0 Å². The molecule has 0 radical (unpaired) electrons. The van der Waals surface area contributed by atoms with Crippen LogP contribution < -0.4 is 15.4 Å². The summed E-state index contributed by atoms with van der Waals surface area (Å²) in [6, 6.07) is 3.26. The smallest absolute Gasteiger partial charge is 0.434 e. The van der Waals surface area contributed by atoms with Crippen molar-refractivity contribution in [3.63, 3.8) is 0 Å². The van der Waals surface area contributed by atoms with Gasteiger partial charge in [0.05, 0.1) is 42.0 Å². The average Bonchev–Trinajstić information content (AvgIpc) is 3.24. The molecule has 212 valence electrons. The number of halogens is 6. The van der Waals surface area contributed by atoms with Crippen LogP contribution in [0.2, 0.25) is 0 Å². The van der Waals surface area contributed by atoms with Crippen LogP contribution >= 0.6 is 11.5 Å². The number of nitrogens with one attached hydrogen (secondary N) is 2. The summed E-state index contributed by atoms with van der Waals surface area (Å²) in [6.45, 7) is 2.67. The maximum absolute atomic E-state index is 12.7. The number of aromatic nitrogens is 4. The molecule has 1 fully saturated rings. The van der Waals surface area contributed by atoms with Crippen molar-refractivity contribution in [3.8, 4) is 5.88 Å². The largest absolute Gasteiger partial charge is 0.474 e. The number of nitrogens with zero attached hydrogens (tertiary/aromatic N) is 5. The normalized spacial score (nSPS) is 16.2. The molecule has 39 heavy (non-hydrogen) atoms. The summed E-state index contributed by atoms with van der Waals surface area (Å²) in [4.78, 5) is 13.1. The van der Waals surface area contributed by atoms with Gasteiger partial charge in [-0.15, -0.1) is 0 Å². The first-order valence-electron chi connectivity index (χ1n) is 11.9. The van der Waals surface area contributed by atoms with Crippen LogP contribution in [0.4, 0.5) is 42.8 Å². The molecule has 16 heteroatoms. The van der Waals surface area contributed by atoms with Crippen molar-refractivity contribution in [1.82, 2.24) is 24.2 Å². The minimum Gasteiger partial charge on any atom is -0.474 e. The molecule has 3 aromatic rings. The number of aryl methyl sites for hydroxylation is 1. The van der Waals surface area contributed by atoms with Gasteiger partial charge in [-0.25, -0.2) is 15.0 Å². The highest BCUT2D eigenvalue weighted by Gasteiger charge is 2.33. The minimum atomic E-state index is -4.61. The molecule has 0 saturated carbocycles. The van der Waals surface area contributed by atoms with Gasteiger partial charge in [0.1, 0.15) is 16.9 Å². The Morgan fingerprint density at radius 1 is 1.08 bits per heavy atom. The second-order valence-corrected chi connectivity index (χ2v) is 9.65. The van der Waals surface area contributed by atoms with Gasteiger partial charge in [0.2, 0.25) is 5.88 Å². The van der Waals surface area contributed by atoms with Crippen molar-refractivity contribution in [2.45, 2.75) is 50.9 Å². The number of aliphatic hydroxyl groups is 1. The SMILES string of the molecule is Cc1nsc(Nc2cnc(C(F)(F)F)cn2)c1C(O)Nc1ccc(OC2CCN(CCC(F)(F)F)CC2)nc1.